The molecule has 4 heteroatoms. The van der Waals surface area contributed by atoms with Crippen LogP contribution in [0, 0.1) is 0 Å². The highest BCUT2D eigenvalue weighted by molar-refractivity contribution is 9.10. The van der Waals surface area contributed by atoms with Crippen LogP contribution in [0.5, 0.6) is 0 Å². The number of nitrogens with one attached hydrogen (secondary N) is 1. The van der Waals surface area contributed by atoms with Crippen LogP contribution in [0.15, 0.2) is 28.7 Å². The van der Waals surface area contributed by atoms with Crippen LogP contribution in [0.3, 0.4) is 0 Å². The minimum absolute atomic E-state index is 0.0960. The van der Waals surface area contributed by atoms with Gasteiger partial charge in [-0.25, -0.2) is 0 Å². The summed E-state index contributed by atoms with van der Waals surface area (Å²) in [7, 11) is 0. The van der Waals surface area contributed by atoms with E-state index in [1.165, 1.54) is 0 Å². The molecule has 3 nitrogen and oxygen atoms in total. The maximum absolute atomic E-state index is 5.86. The van der Waals surface area contributed by atoms with Crippen LogP contribution < -0.4 is 11.1 Å². The van der Waals surface area contributed by atoms with Gasteiger partial charge in [-0.1, -0.05) is 15.9 Å². The first-order valence-corrected chi connectivity index (χ1v) is 5.40. The Morgan fingerprint density at radius 2 is 2.00 bits per heavy atom. The highest BCUT2D eigenvalue weighted by Crippen LogP contribution is 2.16. The number of hydrogen-bond donors (Lipinski definition) is 2. The molecule has 2 atom stereocenters. The Balaban J connectivity index is 2.00. The molecule has 1 aliphatic heterocycles. The largest absolute Gasteiger partial charge is 0.378 e. The Labute approximate surface area is 91.8 Å². The minimum atomic E-state index is 0.0960. The van der Waals surface area contributed by atoms with E-state index < -0.39 is 0 Å². The number of ether oxygens (including phenoxy) is 1. The van der Waals surface area contributed by atoms with E-state index >= 15 is 0 Å². The van der Waals surface area contributed by atoms with Crippen molar-refractivity contribution in [3.05, 3.63) is 28.7 Å². The topological polar surface area (TPSA) is 47.3 Å². The molecule has 0 aromatic heterocycles. The van der Waals surface area contributed by atoms with Crippen LogP contribution in [0.2, 0.25) is 0 Å². The van der Waals surface area contributed by atoms with Crippen molar-refractivity contribution in [1.82, 2.24) is 0 Å². The van der Waals surface area contributed by atoms with E-state index in [9.17, 15) is 0 Å². The summed E-state index contributed by atoms with van der Waals surface area (Å²) in [6.45, 7) is 1.34. The average Bonchev–Trinajstić information content (AvgIpc) is 2.56. The second kappa shape index (κ2) is 4.29. The van der Waals surface area contributed by atoms with E-state index in [1.807, 2.05) is 24.3 Å². The zero-order valence-corrected chi connectivity index (χ0v) is 9.33. The molecule has 1 fully saturated rings. The summed E-state index contributed by atoms with van der Waals surface area (Å²) in [6.07, 6.45) is 0. The lowest BCUT2D eigenvalue weighted by Crippen LogP contribution is -2.38. The van der Waals surface area contributed by atoms with Gasteiger partial charge in [0, 0.05) is 10.2 Å². The van der Waals surface area contributed by atoms with E-state index in [1.54, 1.807) is 0 Å². The molecule has 14 heavy (non-hydrogen) atoms. The Morgan fingerprint density at radius 3 is 2.57 bits per heavy atom. The summed E-state index contributed by atoms with van der Waals surface area (Å²) in [5, 5.41) is 3.35. The van der Waals surface area contributed by atoms with Crippen molar-refractivity contribution < 1.29 is 4.74 Å². The quantitative estimate of drug-likeness (QED) is 0.845. The molecule has 0 radical (unpaired) electrons. The Hall–Kier alpha value is -0.580. The van der Waals surface area contributed by atoms with Gasteiger partial charge in [0.25, 0.3) is 0 Å². The average molecular weight is 257 g/mol. The second-order valence-corrected chi connectivity index (χ2v) is 4.37. The number of hydrogen-bond acceptors (Lipinski definition) is 3. The van der Waals surface area contributed by atoms with Gasteiger partial charge >= 0.3 is 0 Å². The number of anilines is 1. The fourth-order valence-electron chi connectivity index (χ4n) is 1.48. The third kappa shape index (κ3) is 2.26. The fourth-order valence-corrected chi connectivity index (χ4v) is 1.74. The normalized spacial score (nSPS) is 26.4. The standard InChI is InChI=1S/C10H13BrN2O/c11-7-1-3-8(4-2-7)13-10-6-14-5-9(10)12/h1-4,9-10,13H,5-6,12H2/t9-,10+/m1/s1. The van der Waals surface area contributed by atoms with Gasteiger partial charge in [-0.15, -0.1) is 0 Å². The molecule has 1 aromatic rings. The highest BCUT2D eigenvalue weighted by atomic mass is 79.9. The third-order valence-electron chi connectivity index (χ3n) is 2.32. The summed E-state index contributed by atoms with van der Waals surface area (Å²) in [5.41, 5.74) is 6.94. The van der Waals surface area contributed by atoms with Gasteiger partial charge in [0.2, 0.25) is 0 Å². The maximum Gasteiger partial charge on any atom is 0.0684 e. The molecular formula is C10H13BrN2O. The van der Waals surface area contributed by atoms with Gasteiger partial charge < -0.3 is 15.8 Å². The Kier molecular flexibility index (Phi) is 3.05. The minimum Gasteiger partial charge on any atom is -0.378 e. The number of nitrogens with two attached hydrogens (primary N) is 1. The van der Waals surface area contributed by atoms with Crippen LogP contribution in [0.25, 0.3) is 0 Å². The molecule has 1 aromatic carbocycles. The van der Waals surface area contributed by atoms with Crippen molar-refractivity contribution in [2.24, 2.45) is 5.73 Å². The van der Waals surface area contributed by atoms with Crippen LogP contribution in [0.4, 0.5) is 5.69 Å². The first-order chi connectivity index (χ1) is 6.75. The van der Waals surface area contributed by atoms with E-state index in [-0.39, 0.29) is 12.1 Å². The van der Waals surface area contributed by atoms with Crippen molar-refractivity contribution in [2.45, 2.75) is 12.1 Å². The summed E-state index contributed by atoms with van der Waals surface area (Å²) >= 11 is 3.39. The summed E-state index contributed by atoms with van der Waals surface area (Å²) < 4.78 is 6.35. The predicted octanol–water partition coefficient (Wildman–Crippen LogP) is 1.59. The summed E-state index contributed by atoms with van der Waals surface area (Å²) in [4.78, 5) is 0. The van der Waals surface area contributed by atoms with E-state index in [0.29, 0.717) is 13.2 Å². The Bertz CT molecular complexity index is 301. The molecule has 0 bridgehead atoms. The molecule has 1 heterocycles. The van der Waals surface area contributed by atoms with Crippen molar-refractivity contribution in [1.29, 1.82) is 0 Å². The van der Waals surface area contributed by atoms with Gasteiger partial charge in [-0.3, -0.25) is 0 Å². The lowest BCUT2D eigenvalue weighted by molar-refractivity contribution is 0.192. The Morgan fingerprint density at radius 1 is 1.29 bits per heavy atom. The van der Waals surface area contributed by atoms with Crippen LogP contribution in [0.1, 0.15) is 0 Å². The van der Waals surface area contributed by atoms with Gasteiger partial charge in [0.15, 0.2) is 0 Å². The van der Waals surface area contributed by atoms with E-state index in [0.717, 1.165) is 10.2 Å². The van der Waals surface area contributed by atoms with Crippen LogP contribution in [-0.4, -0.2) is 25.3 Å². The molecule has 1 aliphatic rings. The smallest absolute Gasteiger partial charge is 0.0684 e. The maximum atomic E-state index is 5.86. The molecule has 76 valence electrons. The van der Waals surface area contributed by atoms with Crippen LogP contribution in [-0.2, 0) is 4.74 Å². The molecule has 2 rings (SSSR count). The first kappa shape index (κ1) is 9.96. The molecule has 0 saturated carbocycles. The first-order valence-electron chi connectivity index (χ1n) is 4.61. The molecule has 1 saturated heterocycles. The molecule has 0 aliphatic carbocycles. The molecule has 3 N–H and O–H groups in total. The zero-order chi connectivity index (χ0) is 9.97. The van der Waals surface area contributed by atoms with Crippen molar-refractivity contribution in [2.75, 3.05) is 18.5 Å². The lowest BCUT2D eigenvalue weighted by atomic mass is 10.2. The molecular weight excluding hydrogens is 244 g/mol. The van der Waals surface area contributed by atoms with Crippen molar-refractivity contribution in [3.8, 4) is 0 Å². The predicted molar refractivity (Wildman–Crippen MR) is 60.3 cm³/mol. The number of rotatable bonds is 2. The molecule has 0 amide bonds. The van der Waals surface area contributed by atoms with Gasteiger partial charge in [-0.2, -0.15) is 0 Å². The van der Waals surface area contributed by atoms with Crippen LogP contribution >= 0.6 is 15.9 Å². The van der Waals surface area contributed by atoms with Gasteiger partial charge in [-0.05, 0) is 24.3 Å². The highest BCUT2D eigenvalue weighted by Gasteiger charge is 2.24. The number of halogens is 1. The number of benzene rings is 1. The SMILES string of the molecule is N[C@@H]1COC[C@@H]1Nc1ccc(Br)cc1. The van der Waals surface area contributed by atoms with Crippen molar-refractivity contribution in [3.63, 3.8) is 0 Å². The molecule has 0 spiro atoms. The zero-order valence-electron chi connectivity index (χ0n) is 7.74. The summed E-state index contributed by atoms with van der Waals surface area (Å²) in [6, 6.07) is 8.38. The molecule has 0 unspecified atom stereocenters. The second-order valence-electron chi connectivity index (χ2n) is 3.46. The monoisotopic (exact) mass is 256 g/mol. The van der Waals surface area contributed by atoms with E-state index in [2.05, 4.69) is 21.2 Å². The third-order valence-corrected chi connectivity index (χ3v) is 2.85. The van der Waals surface area contributed by atoms with Crippen molar-refractivity contribution >= 4 is 21.6 Å². The van der Waals surface area contributed by atoms with E-state index in [4.69, 9.17) is 10.5 Å². The summed E-state index contributed by atoms with van der Waals surface area (Å²) in [5.74, 6) is 0. The van der Waals surface area contributed by atoms with Gasteiger partial charge in [0.05, 0.1) is 25.3 Å². The fraction of sp³-hybridized carbons (Fsp3) is 0.400. The van der Waals surface area contributed by atoms with Gasteiger partial charge in [0.1, 0.15) is 0 Å². The lowest BCUT2D eigenvalue weighted by Gasteiger charge is -2.16.